The second-order valence-electron chi connectivity index (χ2n) is 10.1. The molecular formula is C26H28Cl2N2O3. The molecule has 1 amide bonds. The highest BCUT2D eigenvalue weighted by Crippen LogP contribution is 2.71. The Morgan fingerprint density at radius 1 is 1.00 bits per heavy atom. The van der Waals surface area contributed by atoms with E-state index in [1.807, 2.05) is 26.0 Å². The molecule has 2 unspecified atom stereocenters. The zero-order chi connectivity index (χ0) is 24.2. The molecule has 0 aromatic heterocycles. The van der Waals surface area contributed by atoms with E-state index in [1.54, 1.807) is 6.07 Å². The van der Waals surface area contributed by atoms with Crippen LogP contribution in [0.3, 0.4) is 0 Å². The van der Waals surface area contributed by atoms with E-state index in [-0.39, 0.29) is 27.3 Å². The van der Waals surface area contributed by atoms with Crippen LogP contribution in [-0.2, 0) is 9.63 Å². The van der Waals surface area contributed by atoms with Gasteiger partial charge in [-0.3, -0.25) is 4.79 Å². The predicted molar refractivity (Wildman–Crippen MR) is 132 cm³/mol. The van der Waals surface area contributed by atoms with Crippen molar-refractivity contribution < 1.29 is 14.4 Å². The molecule has 33 heavy (non-hydrogen) atoms. The SMILES string of the molecule is Cc1cc(C)cc(NC(=O)C23CCC(C)(C(=NOC(=O)c4ccc(Cl)cc4Cl)C2)C3(C)C)c1. The Morgan fingerprint density at radius 3 is 2.30 bits per heavy atom. The molecule has 174 valence electrons. The molecule has 2 bridgehead atoms. The Balaban J connectivity index is 1.60. The summed E-state index contributed by atoms with van der Waals surface area (Å²) in [6.45, 7) is 10.4. The maximum atomic E-state index is 13.7. The van der Waals surface area contributed by atoms with Crippen LogP contribution in [0.2, 0.25) is 10.0 Å². The van der Waals surface area contributed by atoms with Crippen LogP contribution in [0.1, 0.15) is 61.5 Å². The lowest BCUT2D eigenvalue weighted by Crippen LogP contribution is -2.43. The minimum atomic E-state index is -0.651. The smallest absolute Gasteiger partial charge is 0.326 e. The summed E-state index contributed by atoms with van der Waals surface area (Å²) in [4.78, 5) is 31.5. The molecule has 0 aliphatic heterocycles. The van der Waals surface area contributed by atoms with Gasteiger partial charge in [-0.2, -0.15) is 0 Å². The lowest BCUT2D eigenvalue weighted by molar-refractivity contribution is -0.130. The van der Waals surface area contributed by atoms with Gasteiger partial charge in [-0.05, 0) is 73.6 Å². The molecule has 0 saturated heterocycles. The number of oxime groups is 1. The monoisotopic (exact) mass is 486 g/mol. The molecule has 2 aliphatic carbocycles. The van der Waals surface area contributed by atoms with Gasteiger partial charge < -0.3 is 10.2 Å². The van der Waals surface area contributed by atoms with E-state index in [9.17, 15) is 9.59 Å². The quantitative estimate of drug-likeness (QED) is 0.374. The van der Waals surface area contributed by atoms with E-state index in [0.717, 1.165) is 35.4 Å². The Morgan fingerprint density at radius 2 is 1.67 bits per heavy atom. The summed E-state index contributed by atoms with van der Waals surface area (Å²) in [5.74, 6) is -0.666. The van der Waals surface area contributed by atoms with Crippen LogP contribution in [0.4, 0.5) is 5.69 Å². The van der Waals surface area contributed by atoms with Crippen molar-refractivity contribution in [2.75, 3.05) is 5.32 Å². The first-order valence-electron chi connectivity index (χ1n) is 11.0. The van der Waals surface area contributed by atoms with Crippen molar-refractivity contribution in [2.24, 2.45) is 21.4 Å². The Labute approximate surface area is 204 Å². The number of aryl methyl sites for hydroxylation is 2. The normalized spacial score (nSPS) is 26.5. The van der Waals surface area contributed by atoms with E-state index >= 15 is 0 Å². The maximum Gasteiger partial charge on any atom is 0.367 e. The molecule has 2 aromatic carbocycles. The van der Waals surface area contributed by atoms with Gasteiger partial charge in [0.25, 0.3) is 0 Å². The van der Waals surface area contributed by atoms with Gasteiger partial charge in [0.05, 0.1) is 21.7 Å². The number of nitrogens with zero attached hydrogens (tertiary/aromatic N) is 1. The Bertz CT molecular complexity index is 1170. The molecule has 2 fully saturated rings. The molecule has 1 N–H and O–H groups in total. The number of rotatable bonds is 4. The number of nitrogens with one attached hydrogen (secondary N) is 1. The zero-order valence-electron chi connectivity index (χ0n) is 19.5. The van der Waals surface area contributed by atoms with E-state index in [0.29, 0.717) is 11.4 Å². The fraction of sp³-hybridized carbons (Fsp3) is 0.423. The molecule has 2 aromatic rings. The number of carbonyl (C=O) groups excluding carboxylic acids is 2. The van der Waals surface area contributed by atoms with Gasteiger partial charge in [-0.15, -0.1) is 0 Å². The second kappa shape index (κ2) is 8.14. The van der Waals surface area contributed by atoms with Gasteiger partial charge in [-0.1, -0.05) is 55.2 Å². The molecule has 2 aliphatic rings. The Hall–Kier alpha value is -2.37. The van der Waals surface area contributed by atoms with Gasteiger partial charge in [0.15, 0.2) is 0 Å². The Kier molecular flexibility index (Phi) is 5.86. The van der Waals surface area contributed by atoms with Crippen LogP contribution in [0, 0.1) is 30.1 Å². The van der Waals surface area contributed by atoms with Crippen LogP contribution in [0.5, 0.6) is 0 Å². The molecule has 2 saturated carbocycles. The first kappa shape index (κ1) is 23.8. The number of benzene rings is 2. The topological polar surface area (TPSA) is 67.8 Å². The first-order chi connectivity index (χ1) is 15.4. The highest BCUT2D eigenvalue weighted by atomic mass is 35.5. The summed E-state index contributed by atoms with van der Waals surface area (Å²) in [6.07, 6.45) is 1.98. The fourth-order valence-electron chi connectivity index (χ4n) is 5.62. The fourth-order valence-corrected chi connectivity index (χ4v) is 6.11. The summed E-state index contributed by atoms with van der Waals surface area (Å²) in [5.41, 5.74) is 2.55. The highest BCUT2D eigenvalue weighted by molar-refractivity contribution is 6.36. The van der Waals surface area contributed by atoms with Crippen LogP contribution < -0.4 is 5.32 Å². The summed E-state index contributed by atoms with van der Waals surface area (Å²) < 4.78 is 0. The van der Waals surface area contributed by atoms with Crippen molar-refractivity contribution in [2.45, 2.75) is 53.9 Å². The van der Waals surface area contributed by atoms with Gasteiger partial charge in [0.1, 0.15) is 0 Å². The molecular weight excluding hydrogens is 459 g/mol. The van der Waals surface area contributed by atoms with Crippen molar-refractivity contribution in [3.05, 3.63) is 63.1 Å². The molecule has 4 rings (SSSR count). The van der Waals surface area contributed by atoms with Crippen LogP contribution in [-0.4, -0.2) is 17.6 Å². The van der Waals surface area contributed by atoms with Gasteiger partial charge in [0, 0.05) is 22.5 Å². The van der Waals surface area contributed by atoms with Crippen molar-refractivity contribution in [3.63, 3.8) is 0 Å². The van der Waals surface area contributed by atoms with E-state index in [1.165, 1.54) is 12.1 Å². The summed E-state index contributed by atoms with van der Waals surface area (Å²) in [5, 5.41) is 8.06. The molecule has 7 heteroatoms. The zero-order valence-corrected chi connectivity index (χ0v) is 21.0. The van der Waals surface area contributed by atoms with E-state index in [2.05, 4.69) is 37.3 Å². The van der Waals surface area contributed by atoms with Crippen molar-refractivity contribution in [1.29, 1.82) is 0 Å². The van der Waals surface area contributed by atoms with E-state index in [4.69, 9.17) is 28.0 Å². The maximum absolute atomic E-state index is 13.7. The molecule has 0 heterocycles. The number of fused-ring (bicyclic) bond motifs is 2. The number of carbonyl (C=O) groups is 2. The number of halogens is 2. The number of amides is 1. The van der Waals surface area contributed by atoms with E-state index < -0.39 is 11.4 Å². The average Bonchev–Trinajstić information content (AvgIpc) is 3.02. The number of hydrogen-bond acceptors (Lipinski definition) is 4. The largest absolute Gasteiger partial charge is 0.367 e. The van der Waals surface area contributed by atoms with Gasteiger partial charge in [0.2, 0.25) is 5.91 Å². The third kappa shape index (κ3) is 3.75. The predicted octanol–water partition coefficient (Wildman–Crippen LogP) is 6.98. The van der Waals surface area contributed by atoms with Crippen LogP contribution in [0.25, 0.3) is 0 Å². The highest BCUT2D eigenvalue weighted by Gasteiger charge is 2.71. The third-order valence-corrected chi connectivity index (χ3v) is 8.59. The molecule has 0 radical (unpaired) electrons. The minimum absolute atomic E-state index is 0.0153. The van der Waals surface area contributed by atoms with Gasteiger partial charge >= 0.3 is 5.97 Å². The lowest BCUT2D eigenvalue weighted by Gasteiger charge is -2.39. The summed E-state index contributed by atoms with van der Waals surface area (Å²) in [6, 6.07) is 10.6. The number of hydrogen-bond donors (Lipinski definition) is 1. The molecule has 0 spiro atoms. The standard InChI is InChI=1S/C26H28Cl2N2O3/c1-15-10-16(2)12-18(11-15)29-23(32)26-9-8-25(5,24(26,3)4)21(14-26)30-33-22(31)19-7-6-17(27)13-20(19)28/h6-7,10-13H,8-9,14H2,1-5H3,(H,29,32). The second-order valence-corrected chi connectivity index (χ2v) is 10.9. The molecule has 5 nitrogen and oxygen atoms in total. The number of anilines is 1. The van der Waals surface area contributed by atoms with Crippen LogP contribution in [0.15, 0.2) is 41.6 Å². The minimum Gasteiger partial charge on any atom is -0.326 e. The lowest BCUT2D eigenvalue weighted by atomic mass is 9.64. The first-order valence-corrected chi connectivity index (χ1v) is 11.8. The van der Waals surface area contributed by atoms with Gasteiger partial charge in [-0.25, -0.2) is 4.79 Å². The summed E-state index contributed by atoms with van der Waals surface area (Å²) >= 11 is 12.0. The van der Waals surface area contributed by atoms with Crippen molar-refractivity contribution >= 4 is 46.5 Å². The van der Waals surface area contributed by atoms with Crippen molar-refractivity contribution in [3.8, 4) is 0 Å². The van der Waals surface area contributed by atoms with Crippen molar-refractivity contribution in [1.82, 2.24) is 0 Å². The summed E-state index contributed by atoms with van der Waals surface area (Å²) in [7, 11) is 0. The molecule has 2 atom stereocenters. The average molecular weight is 487 g/mol. The van der Waals surface area contributed by atoms with Crippen LogP contribution >= 0.6 is 23.2 Å². The third-order valence-electron chi connectivity index (χ3n) is 8.04.